The Hall–Kier alpha value is -0.670. The van der Waals surface area contributed by atoms with E-state index >= 15 is 0 Å². The van der Waals surface area contributed by atoms with Crippen LogP contribution in [0.2, 0.25) is 5.02 Å². The van der Waals surface area contributed by atoms with Crippen LogP contribution in [0.15, 0.2) is 18.2 Å². The standard InChI is InChI=1S/C14H18ClNO5S2/c1-3-16-9-10-4-5-11(15)6-13(10)14(23(16,19)20)7-12(8-14)21-22(2,17)18/h4-6,12H,3,7-9H2,1-2H3. The first kappa shape index (κ1) is 17.2. The molecule has 1 fully saturated rings. The fraction of sp³-hybridized carbons (Fsp3) is 0.571. The Kier molecular flexibility index (Phi) is 4.04. The number of hydrogen-bond acceptors (Lipinski definition) is 5. The quantitative estimate of drug-likeness (QED) is 0.748. The van der Waals surface area contributed by atoms with Gasteiger partial charge in [-0.2, -0.15) is 12.7 Å². The molecule has 0 bridgehead atoms. The zero-order valence-corrected chi connectivity index (χ0v) is 15.2. The highest BCUT2D eigenvalue weighted by Gasteiger charge is 2.61. The van der Waals surface area contributed by atoms with Crippen molar-refractivity contribution in [3.05, 3.63) is 34.3 Å². The van der Waals surface area contributed by atoms with Gasteiger partial charge in [-0.3, -0.25) is 4.18 Å². The van der Waals surface area contributed by atoms with Gasteiger partial charge < -0.3 is 0 Å². The Morgan fingerprint density at radius 3 is 2.61 bits per heavy atom. The molecule has 0 N–H and O–H groups in total. The van der Waals surface area contributed by atoms with Crippen LogP contribution in [0.5, 0.6) is 0 Å². The summed E-state index contributed by atoms with van der Waals surface area (Å²) >= 11 is 6.06. The van der Waals surface area contributed by atoms with Crippen LogP contribution in [0.3, 0.4) is 0 Å². The van der Waals surface area contributed by atoms with E-state index in [2.05, 4.69) is 0 Å². The zero-order valence-electron chi connectivity index (χ0n) is 12.8. The Morgan fingerprint density at radius 1 is 1.39 bits per heavy atom. The van der Waals surface area contributed by atoms with E-state index < -0.39 is 31.0 Å². The van der Waals surface area contributed by atoms with Gasteiger partial charge in [0, 0.05) is 31.0 Å². The maximum absolute atomic E-state index is 13.0. The number of halogens is 1. The van der Waals surface area contributed by atoms with Crippen LogP contribution in [-0.2, 0) is 35.6 Å². The van der Waals surface area contributed by atoms with Gasteiger partial charge in [0.05, 0.1) is 12.4 Å². The lowest BCUT2D eigenvalue weighted by atomic mass is 9.74. The van der Waals surface area contributed by atoms with E-state index in [1.165, 1.54) is 4.31 Å². The van der Waals surface area contributed by atoms with Crippen LogP contribution in [0.4, 0.5) is 0 Å². The summed E-state index contributed by atoms with van der Waals surface area (Å²) in [5, 5.41) is 0.468. The van der Waals surface area contributed by atoms with Crippen LogP contribution in [0.1, 0.15) is 30.9 Å². The van der Waals surface area contributed by atoms with E-state index in [9.17, 15) is 16.8 Å². The van der Waals surface area contributed by atoms with Crippen LogP contribution >= 0.6 is 11.6 Å². The number of sulfonamides is 1. The number of hydrogen-bond donors (Lipinski definition) is 0. The SMILES string of the molecule is CCN1Cc2ccc(Cl)cc2C2(CC(OS(C)(=O)=O)C2)S1(=O)=O. The second kappa shape index (κ2) is 5.42. The highest BCUT2D eigenvalue weighted by molar-refractivity contribution is 7.90. The third-order valence-electron chi connectivity index (χ3n) is 4.52. The fourth-order valence-corrected chi connectivity index (χ4v) is 6.68. The molecule has 0 unspecified atom stereocenters. The van der Waals surface area contributed by atoms with E-state index in [1.54, 1.807) is 19.1 Å². The Morgan fingerprint density at radius 2 is 2.04 bits per heavy atom. The summed E-state index contributed by atoms with van der Waals surface area (Å²) in [6.45, 7) is 2.46. The van der Waals surface area contributed by atoms with Gasteiger partial charge in [-0.15, -0.1) is 0 Å². The monoisotopic (exact) mass is 379 g/mol. The van der Waals surface area contributed by atoms with Crippen molar-refractivity contribution in [2.75, 3.05) is 12.8 Å². The lowest BCUT2D eigenvalue weighted by Crippen LogP contribution is -2.59. The average Bonchev–Trinajstić information content (AvgIpc) is 2.38. The lowest BCUT2D eigenvalue weighted by molar-refractivity contribution is 0.0786. The summed E-state index contributed by atoms with van der Waals surface area (Å²) in [6, 6.07) is 5.25. The first-order valence-corrected chi connectivity index (χ1v) is 10.9. The second-order valence-corrected chi connectivity index (χ2v) is 10.3. The van der Waals surface area contributed by atoms with E-state index in [1.807, 2.05) is 6.07 Å². The summed E-state index contributed by atoms with van der Waals surface area (Å²) in [5.41, 5.74) is 1.58. The third kappa shape index (κ3) is 2.70. The Bertz CT molecular complexity index is 844. The molecule has 0 atom stereocenters. The lowest BCUT2D eigenvalue weighted by Gasteiger charge is -2.51. The van der Waals surface area contributed by atoms with Crippen molar-refractivity contribution in [3.8, 4) is 0 Å². The molecule has 0 amide bonds. The molecule has 3 rings (SSSR count). The van der Waals surface area contributed by atoms with Crippen molar-refractivity contribution in [1.29, 1.82) is 0 Å². The molecule has 2 aliphatic rings. The van der Waals surface area contributed by atoms with Crippen molar-refractivity contribution in [2.24, 2.45) is 0 Å². The predicted molar refractivity (Wildman–Crippen MR) is 87.1 cm³/mol. The first-order valence-electron chi connectivity index (χ1n) is 7.26. The summed E-state index contributed by atoms with van der Waals surface area (Å²) in [6.07, 6.45) is 0.582. The molecular weight excluding hydrogens is 362 g/mol. The minimum absolute atomic E-state index is 0.117. The van der Waals surface area contributed by atoms with Crippen molar-refractivity contribution in [3.63, 3.8) is 0 Å². The molecule has 0 saturated heterocycles. The van der Waals surface area contributed by atoms with Gasteiger partial charge in [0.1, 0.15) is 4.75 Å². The second-order valence-electron chi connectivity index (χ2n) is 6.06. The molecule has 9 heteroatoms. The van der Waals surface area contributed by atoms with Crippen LogP contribution in [0, 0.1) is 0 Å². The van der Waals surface area contributed by atoms with Crippen LogP contribution in [-0.4, -0.2) is 40.0 Å². The van der Waals surface area contributed by atoms with Gasteiger partial charge in [0.2, 0.25) is 10.0 Å². The Labute approximate surface area is 141 Å². The van der Waals surface area contributed by atoms with Crippen LogP contribution in [0.25, 0.3) is 0 Å². The normalized spacial score (nSPS) is 30.0. The number of rotatable bonds is 3. The maximum atomic E-state index is 13.0. The largest absolute Gasteiger partial charge is 0.267 e. The summed E-state index contributed by atoms with van der Waals surface area (Å²) in [7, 11) is -7.21. The maximum Gasteiger partial charge on any atom is 0.264 e. The number of nitrogens with zero attached hydrogens (tertiary/aromatic N) is 1. The van der Waals surface area contributed by atoms with Gasteiger partial charge in [0.25, 0.3) is 10.1 Å². The third-order valence-corrected chi connectivity index (χ3v) is 7.99. The molecule has 1 heterocycles. The van der Waals surface area contributed by atoms with Gasteiger partial charge in [-0.25, -0.2) is 8.42 Å². The zero-order chi connectivity index (χ0) is 17.0. The highest BCUT2D eigenvalue weighted by atomic mass is 35.5. The smallest absolute Gasteiger partial charge is 0.264 e. The van der Waals surface area contributed by atoms with Crippen LogP contribution < -0.4 is 0 Å². The van der Waals surface area contributed by atoms with E-state index in [4.69, 9.17) is 15.8 Å². The van der Waals surface area contributed by atoms with Crippen molar-refractivity contribution in [1.82, 2.24) is 4.31 Å². The molecule has 1 aliphatic heterocycles. The summed E-state index contributed by atoms with van der Waals surface area (Å²) in [4.78, 5) is 0. The minimum atomic E-state index is -3.62. The first-order chi connectivity index (χ1) is 10.6. The van der Waals surface area contributed by atoms with Crippen molar-refractivity contribution >= 4 is 31.7 Å². The molecule has 1 aliphatic carbocycles. The van der Waals surface area contributed by atoms with E-state index in [0.29, 0.717) is 23.7 Å². The topological polar surface area (TPSA) is 80.8 Å². The predicted octanol–water partition coefficient (Wildman–Crippen LogP) is 1.84. The van der Waals surface area contributed by atoms with Gasteiger partial charge in [0.15, 0.2) is 0 Å². The highest BCUT2D eigenvalue weighted by Crippen LogP contribution is 2.54. The average molecular weight is 380 g/mol. The molecule has 23 heavy (non-hydrogen) atoms. The number of benzene rings is 1. The molecule has 1 aromatic rings. The molecule has 1 saturated carbocycles. The molecule has 0 aromatic heterocycles. The Balaban J connectivity index is 2.06. The van der Waals surface area contributed by atoms with Crippen molar-refractivity contribution in [2.45, 2.75) is 37.2 Å². The molecular formula is C14H18ClNO5S2. The summed E-state index contributed by atoms with van der Waals surface area (Å²) in [5.74, 6) is 0. The fourth-order valence-electron chi connectivity index (χ4n) is 3.48. The molecule has 6 nitrogen and oxygen atoms in total. The van der Waals surface area contributed by atoms with E-state index in [0.717, 1.165) is 11.8 Å². The van der Waals surface area contributed by atoms with E-state index in [-0.39, 0.29) is 12.8 Å². The molecule has 0 radical (unpaired) electrons. The van der Waals surface area contributed by atoms with Gasteiger partial charge >= 0.3 is 0 Å². The van der Waals surface area contributed by atoms with Gasteiger partial charge in [-0.1, -0.05) is 24.6 Å². The minimum Gasteiger partial charge on any atom is -0.267 e. The number of fused-ring (bicyclic) bond motifs is 2. The molecule has 1 spiro atoms. The molecule has 128 valence electrons. The summed E-state index contributed by atoms with van der Waals surface area (Å²) < 4.78 is 53.8. The van der Waals surface area contributed by atoms with Crippen molar-refractivity contribution < 1.29 is 21.0 Å². The van der Waals surface area contributed by atoms with Gasteiger partial charge in [-0.05, 0) is 23.3 Å². The molecule has 1 aromatic carbocycles.